The number of nitrogens with zero attached hydrogens (tertiary/aromatic N) is 3. The monoisotopic (exact) mass is 410 g/mol. The molecule has 1 atom stereocenters. The molecule has 1 spiro atoms. The zero-order chi connectivity index (χ0) is 21.3. The Morgan fingerprint density at radius 1 is 1.40 bits per heavy atom. The fourth-order valence-electron chi connectivity index (χ4n) is 4.37. The van der Waals surface area contributed by atoms with Gasteiger partial charge in [0, 0.05) is 31.4 Å². The number of piperidine rings is 1. The van der Waals surface area contributed by atoms with E-state index in [4.69, 9.17) is 8.94 Å². The molecule has 1 unspecified atom stereocenters. The van der Waals surface area contributed by atoms with Crippen molar-refractivity contribution in [2.45, 2.75) is 33.1 Å². The van der Waals surface area contributed by atoms with Gasteiger partial charge in [-0.15, -0.1) is 0 Å². The minimum Gasteiger partial charge on any atom is -0.456 e. The standard InChI is InChI=1S/C22H26N4O4/c1-14-18(13-29-25-14)21(28)26-8-5-22(6-9-26)11-17(22)12-24-20(27)19-10-16(4-7-23-3)15(2)30-19/h4,7,10,13,17H,3,5-6,8-9,11-12H2,1-2H3,(H,24,27)/b7-4-. The summed E-state index contributed by atoms with van der Waals surface area (Å²) in [6.07, 6.45) is 7.73. The van der Waals surface area contributed by atoms with Gasteiger partial charge in [0.05, 0.1) is 5.69 Å². The quantitative estimate of drug-likeness (QED) is 0.737. The molecule has 30 heavy (non-hydrogen) atoms. The molecule has 2 fully saturated rings. The van der Waals surface area contributed by atoms with Crippen LogP contribution in [0.4, 0.5) is 0 Å². The Morgan fingerprint density at radius 2 is 2.17 bits per heavy atom. The van der Waals surface area contributed by atoms with Crippen LogP contribution in [0, 0.1) is 25.2 Å². The van der Waals surface area contributed by atoms with Crippen molar-refractivity contribution >= 4 is 24.6 Å². The Labute approximate surface area is 175 Å². The second-order valence-electron chi connectivity index (χ2n) is 8.20. The molecule has 2 aliphatic rings. The summed E-state index contributed by atoms with van der Waals surface area (Å²) in [5.74, 6) is 1.19. The maximum Gasteiger partial charge on any atom is 0.287 e. The molecular formula is C22H26N4O4. The maximum absolute atomic E-state index is 12.6. The van der Waals surface area contributed by atoms with Gasteiger partial charge in [-0.2, -0.15) is 0 Å². The summed E-state index contributed by atoms with van der Waals surface area (Å²) < 4.78 is 10.5. The molecule has 8 heteroatoms. The maximum atomic E-state index is 12.6. The van der Waals surface area contributed by atoms with E-state index in [1.807, 2.05) is 11.8 Å². The first-order valence-electron chi connectivity index (χ1n) is 10.1. The highest BCUT2D eigenvalue weighted by molar-refractivity contribution is 5.95. The molecule has 2 aromatic heterocycles. The van der Waals surface area contributed by atoms with Crippen LogP contribution in [-0.2, 0) is 0 Å². The summed E-state index contributed by atoms with van der Waals surface area (Å²) in [5.41, 5.74) is 2.21. The van der Waals surface area contributed by atoms with Gasteiger partial charge < -0.3 is 19.2 Å². The number of aromatic nitrogens is 1. The van der Waals surface area contributed by atoms with Gasteiger partial charge in [-0.3, -0.25) is 14.6 Å². The Kier molecular flexibility index (Phi) is 5.32. The molecule has 158 valence electrons. The molecule has 1 saturated heterocycles. The number of rotatable bonds is 6. The number of likely N-dealkylation sites (tertiary alicyclic amines) is 1. The number of hydrogen-bond acceptors (Lipinski definition) is 6. The first-order valence-corrected chi connectivity index (χ1v) is 10.1. The van der Waals surface area contributed by atoms with Crippen LogP contribution in [0.1, 0.15) is 57.2 Å². The summed E-state index contributed by atoms with van der Waals surface area (Å²) in [6.45, 7) is 9.05. The number of furan rings is 1. The lowest BCUT2D eigenvalue weighted by Gasteiger charge is -2.33. The van der Waals surface area contributed by atoms with Crippen molar-refractivity contribution in [2.75, 3.05) is 19.6 Å². The molecule has 1 N–H and O–H groups in total. The molecule has 8 nitrogen and oxygen atoms in total. The van der Waals surface area contributed by atoms with Crippen LogP contribution in [0.3, 0.4) is 0 Å². The van der Waals surface area contributed by atoms with Gasteiger partial charge in [0.2, 0.25) is 0 Å². The normalized spacial score (nSPS) is 19.9. The number of amides is 2. The van der Waals surface area contributed by atoms with Gasteiger partial charge in [-0.05, 0) is 63.3 Å². The Balaban J connectivity index is 1.27. The van der Waals surface area contributed by atoms with Crippen molar-refractivity contribution in [2.24, 2.45) is 16.3 Å². The Morgan fingerprint density at radius 3 is 2.83 bits per heavy atom. The average Bonchev–Trinajstić information content (AvgIpc) is 3.03. The highest BCUT2D eigenvalue weighted by Gasteiger charge is 2.54. The number of carbonyl (C=O) groups excluding carboxylic acids is 2. The molecule has 0 radical (unpaired) electrons. The topological polar surface area (TPSA) is 101 Å². The van der Waals surface area contributed by atoms with E-state index < -0.39 is 0 Å². The van der Waals surface area contributed by atoms with Crippen molar-refractivity contribution in [3.05, 3.63) is 46.9 Å². The van der Waals surface area contributed by atoms with Crippen molar-refractivity contribution in [1.82, 2.24) is 15.4 Å². The van der Waals surface area contributed by atoms with Crippen LogP contribution in [0.15, 0.2) is 32.5 Å². The fraction of sp³-hybridized carbons (Fsp3) is 0.455. The van der Waals surface area contributed by atoms with Crippen molar-refractivity contribution in [1.29, 1.82) is 0 Å². The minimum atomic E-state index is -0.207. The highest BCUT2D eigenvalue weighted by Crippen LogP contribution is 2.59. The number of hydrogen-bond donors (Lipinski definition) is 1. The van der Waals surface area contributed by atoms with E-state index in [1.54, 1.807) is 25.3 Å². The number of aliphatic imine (C=N–C) groups is 1. The Hall–Kier alpha value is -3.16. The minimum absolute atomic E-state index is 0.0150. The van der Waals surface area contributed by atoms with Gasteiger partial charge in [0.15, 0.2) is 5.76 Å². The van der Waals surface area contributed by atoms with E-state index in [0.717, 1.165) is 37.9 Å². The number of aryl methyl sites for hydroxylation is 2. The summed E-state index contributed by atoms with van der Waals surface area (Å²) in [5, 5.41) is 6.79. The average molecular weight is 410 g/mol. The first kappa shape index (κ1) is 20.1. The van der Waals surface area contributed by atoms with E-state index >= 15 is 0 Å². The third kappa shape index (κ3) is 3.81. The molecule has 2 amide bonds. The summed E-state index contributed by atoms with van der Waals surface area (Å²) in [6, 6.07) is 1.71. The van der Waals surface area contributed by atoms with Gasteiger partial charge in [0.1, 0.15) is 17.6 Å². The second-order valence-corrected chi connectivity index (χ2v) is 8.20. The third-order valence-electron chi connectivity index (χ3n) is 6.43. The molecule has 3 heterocycles. The number of carbonyl (C=O) groups is 2. The largest absolute Gasteiger partial charge is 0.456 e. The molecule has 1 saturated carbocycles. The lowest BCUT2D eigenvalue weighted by atomic mass is 9.90. The second kappa shape index (κ2) is 7.93. The number of nitrogens with one attached hydrogen (secondary N) is 1. The van der Waals surface area contributed by atoms with Gasteiger partial charge >= 0.3 is 0 Å². The van der Waals surface area contributed by atoms with E-state index in [2.05, 4.69) is 22.2 Å². The van der Waals surface area contributed by atoms with Gasteiger partial charge in [0.25, 0.3) is 11.8 Å². The van der Waals surface area contributed by atoms with E-state index in [9.17, 15) is 9.59 Å². The Bertz CT molecular complexity index is 995. The van der Waals surface area contributed by atoms with Gasteiger partial charge in [-0.25, -0.2) is 0 Å². The zero-order valence-electron chi connectivity index (χ0n) is 17.3. The lowest BCUT2D eigenvalue weighted by Crippen LogP contribution is -2.40. The third-order valence-corrected chi connectivity index (χ3v) is 6.43. The van der Waals surface area contributed by atoms with Crippen LogP contribution in [0.2, 0.25) is 0 Å². The summed E-state index contributed by atoms with van der Waals surface area (Å²) in [7, 11) is 0. The predicted molar refractivity (Wildman–Crippen MR) is 111 cm³/mol. The zero-order valence-corrected chi connectivity index (χ0v) is 17.3. The summed E-state index contributed by atoms with van der Waals surface area (Å²) >= 11 is 0. The molecule has 2 aromatic rings. The molecular weight excluding hydrogens is 384 g/mol. The van der Waals surface area contributed by atoms with Crippen molar-refractivity contribution < 1.29 is 18.5 Å². The molecule has 4 rings (SSSR count). The first-order chi connectivity index (χ1) is 14.4. The smallest absolute Gasteiger partial charge is 0.287 e. The fourth-order valence-corrected chi connectivity index (χ4v) is 4.37. The van der Waals surface area contributed by atoms with Crippen LogP contribution in [-0.4, -0.2) is 48.2 Å². The van der Waals surface area contributed by atoms with E-state index in [0.29, 0.717) is 35.2 Å². The predicted octanol–water partition coefficient (Wildman–Crippen LogP) is 3.23. The molecule has 1 aliphatic carbocycles. The SMILES string of the molecule is C=N/C=C\c1cc(C(=O)NCC2CC23CCN(C(=O)c2conc2C)CC3)oc1C. The van der Waals surface area contributed by atoms with Gasteiger partial charge in [-0.1, -0.05) is 5.16 Å². The van der Waals surface area contributed by atoms with E-state index in [-0.39, 0.29) is 17.2 Å². The van der Waals surface area contributed by atoms with Crippen LogP contribution in [0.5, 0.6) is 0 Å². The van der Waals surface area contributed by atoms with E-state index in [1.165, 1.54) is 6.26 Å². The highest BCUT2D eigenvalue weighted by atomic mass is 16.5. The lowest BCUT2D eigenvalue weighted by molar-refractivity contribution is 0.0667. The van der Waals surface area contributed by atoms with Crippen molar-refractivity contribution in [3.8, 4) is 0 Å². The molecule has 0 aromatic carbocycles. The van der Waals surface area contributed by atoms with Crippen LogP contribution in [0.25, 0.3) is 6.08 Å². The molecule has 1 aliphatic heterocycles. The summed E-state index contributed by atoms with van der Waals surface area (Å²) in [4.78, 5) is 30.6. The van der Waals surface area contributed by atoms with Crippen molar-refractivity contribution in [3.63, 3.8) is 0 Å². The van der Waals surface area contributed by atoms with Crippen LogP contribution < -0.4 is 5.32 Å². The molecule has 0 bridgehead atoms. The van der Waals surface area contributed by atoms with Crippen LogP contribution >= 0.6 is 0 Å².